The minimum Gasteiger partial charge on any atom is -0.507 e. The lowest BCUT2D eigenvalue weighted by atomic mass is 9.98. The predicted molar refractivity (Wildman–Crippen MR) is 97.3 cm³/mol. The van der Waals surface area contributed by atoms with Crippen molar-refractivity contribution in [2.45, 2.75) is 64.6 Å². The smallest absolute Gasteiger partial charge is 0.122 e. The molecule has 2 aliphatic heterocycles. The maximum atomic E-state index is 10.4. The van der Waals surface area contributed by atoms with Crippen molar-refractivity contribution in [3.63, 3.8) is 0 Å². The number of aliphatic hydroxyl groups is 1. The number of aryl methyl sites for hydroxylation is 2. The normalized spacial score (nSPS) is 22.1. The van der Waals surface area contributed by atoms with Gasteiger partial charge in [-0.25, -0.2) is 0 Å². The van der Waals surface area contributed by atoms with Gasteiger partial charge in [0.15, 0.2) is 0 Å². The van der Waals surface area contributed by atoms with Gasteiger partial charge in [0.25, 0.3) is 0 Å². The van der Waals surface area contributed by atoms with Crippen molar-refractivity contribution in [3.8, 4) is 5.75 Å². The van der Waals surface area contributed by atoms with Gasteiger partial charge in [-0.2, -0.15) is 0 Å². The third-order valence-corrected chi connectivity index (χ3v) is 5.81. The van der Waals surface area contributed by atoms with Gasteiger partial charge in [0.05, 0.1) is 6.10 Å². The van der Waals surface area contributed by atoms with E-state index in [1.54, 1.807) is 0 Å². The Morgan fingerprint density at radius 3 is 2.33 bits per heavy atom. The Labute approximate surface area is 146 Å². The Balaban J connectivity index is 1.55. The predicted octanol–water partition coefficient (Wildman–Crippen LogP) is 2.68. The van der Waals surface area contributed by atoms with Crippen molar-refractivity contribution in [1.82, 2.24) is 9.80 Å². The fourth-order valence-corrected chi connectivity index (χ4v) is 4.19. The summed E-state index contributed by atoms with van der Waals surface area (Å²) in [6.07, 6.45) is 5.18. The third kappa shape index (κ3) is 4.11. The van der Waals surface area contributed by atoms with Crippen LogP contribution in [-0.4, -0.2) is 58.3 Å². The zero-order valence-corrected chi connectivity index (χ0v) is 15.2. The molecule has 2 aliphatic rings. The Morgan fingerprint density at radius 1 is 1.04 bits per heavy atom. The second-order valence-corrected chi connectivity index (χ2v) is 7.55. The number of aliphatic hydroxyl groups excluding tert-OH is 1. The topological polar surface area (TPSA) is 46.9 Å². The van der Waals surface area contributed by atoms with Crippen molar-refractivity contribution >= 4 is 0 Å². The van der Waals surface area contributed by atoms with E-state index in [0.717, 1.165) is 63.1 Å². The van der Waals surface area contributed by atoms with Crippen LogP contribution >= 0.6 is 0 Å². The Bertz CT molecular complexity index is 545. The largest absolute Gasteiger partial charge is 0.507 e. The van der Waals surface area contributed by atoms with Crippen molar-refractivity contribution in [3.05, 3.63) is 28.8 Å². The van der Waals surface area contributed by atoms with Crippen molar-refractivity contribution < 1.29 is 10.2 Å². The van der Waals surface area contributed by atoms with Crippen LogP contribution in [0.25, 0.3) is 0 Å². The Hall–Kier alpha value is -1.10. The molecule has 1 aromatic rings. The molecule has 2 saturated heterocycles. The first-order valence-corrected chi connectivity index (χ1v) is 9.52. The summed E-state index contributed by atoms with van der Waals surface area (Å²) in [7, 11) is 0. The first kappa shape index (κ1) is 17.7. The number of rotatable bonds is 4. The lowest BCUT2D eigenvalue weighted by molar-refractivity contribution is 0.0374. The van der Waals surface area contributed by atoms with E-state index in [0.29, 0.717) is 11.8 Å². The van der Waals surface area contributed by atoms with Crippen LogP contribution in [0.5, 0.6) is 5.75 Å². The molecule has 0 amide bonds. The lowest BCUT2D eigenvalue weighted by Crippen LogP contribution is -2.48. The summed E-state index contributed by atoms with van der Waals surface area (Å²) >= 11 is 0. The van der Waals surface area contributed by atoms with Gasteiger partial charge in [-0.15, -0.1) is 0 Å². The minimum absolute atomic E-state index is 0.0848. The molecule has 24 heavy (non-hydrogen) atoms. The number of hydrogen-bond donors (Lipinski definition) is 2. The SMILES string of the molecule is CCc1cc(C)c(O)c(CN2CCC(N3CCC(O)CC3)CC2)c1. The zero-order chi connectivity index (χ0) is 17.1. The van der Waals surface area contributed by atoms with E-state index in [1.807, 2.05) is 6.92 Å². The molecule has 4 heteroatoms. The van der Waals surface area contributed by atoms with Crippen molar-refractivity contribution in [2.75, 3.05) is 26.2 Å². The molecule has 0 radical (unpaired) electrons. The molecule has 2 N–H and O–H groups in total. The average Bonchev–Trinajstić information content (AvgIpc) is 2.60. The second kappa shape index (κ2) is 7.85. The standard InChI is InChI=1S/C20H32N2O2/c1-3-16-12-15(2)20(24)17(13-16)14-21-8-4-18(5-9-21)22-10-6-19(23)7-11-22/h12-13,18-19,23-24H,3-11,14H2,1-2H3. The van der Waals surface area contributed by atoms with E-state index >= 15 is 0 Å². The maximum Gasteiger partial charge on any atom is 0.122 e. The quantitative estimate of drug-likeness (QED) is 0.890. The fourth-order valence-electron chi connectivity index (χ4n) is 4.19. The molecule has 4 nitrogen and oxygen atoms in total. The highest BCUT2D eigenvalue weighted by molar-refractivity contribution is 5.43. The summed E-state index contributed by atoms with van der Waals surface area (Å²) < 4.78 is 0. The van der Waals surface area contributed by atoms with Crippen molar-refractivity contribution in [1.29, 1.82) is 0 Å². The van der Waals surface area contributed by atoms with Gasteiger partial charge in [0, 0.05) is 31.2 Å². The van der Waals surface area contributed by atoms with Crippen LogP contribution in [0.2, 0.25) is 0 Å². The Morgan fingerprint density at radius 2 is 1.71 bits per heavy atom. The molecule has 2 heterocycles. The third-order valence-electron chi connectivity index (χ3n) is 5.81. The molecule has 2 fully saturated rings. The highest BCUT2D eigenvalue weighted by Gasteiger charge is 2.27. The molecular formula is C20H32N2O2. The number of hydrogen-bond acceptors (Lipinski definition) is 4. The molecule has 0 bridgehead atoms. The van der Waals surface area contributed by atoms with Crippen LogP contribution in [0.4, 0.5) is 0 Å². The van der Waals surface area contributed by atoms with Crippen LogP contribution in [0.15, 0.2) is 12.1 Å². The number of phenols is 1. The summed E-state index contributed by atoms with van der Waals surface area (Å²) in [5, 5.41) is 20.0. The van der Waals surface area contributed by atoms with Gasteiger partial charge in [0.1, 0.15) is 5.75 Å². The van der Waals surface area contributed by atoms with Crippen LogP contribution in [0, 0.1) is 6.92 Å². The van der Waals surface area contributed by atoms with Crippen LogP contribution in [0.3, 0.4) is 0 Å². The maximum absolute atomic E-state index is 10.4. The molecule has 0 aliphatic carbocycles. The summed E-state index contributed by atoms with van der Waals surface area (Å²) in [5.41, 5.74) is 3.37. The summed E-state index contributed by atoms with van der Waals surface area (Å²) in [4.78, 5) is 5.05. The first-order chi connectivity index (χ1) is 11.6. The van der Waals surface area contributed by atoms with E-state index in [4.69, 9.17) is 0 Å². The van der Waals surface area contributed by atoms with Crippen LogP contribution in [0.1, 0.15) is 49.3 Å². The lowest BCUT2D eigenvalue weighted by Gasteiger charge is -2.41. The van der Waals surface area contributed by atoms with Gasteiger partial charge in [-0.05, 0) is 63.2 Å². The highest BCUT2D eigenvalue weighted by atomic mass is 16.3. The van der Waals surface area contributed by atoms with E-state index in [-0.39, 0.29) is 6.10 Å². The molecule has 0 aromatic heterocycles. The minimum atomic E-state index is -0.0848. The highest BCUT2D eigenvalue weighted by Crippen LogP contribution is 2.28. The number of aromatic hydroxyl groups is 1. The van der Waals surface area contributed by atoms with Gasteiger partial charge in [0.2, 0.25) is 0 Å². The molecule has 1 aromatic carbocycles. The molecule has 0 unspecified atom stereocenters. The molecular weight excluding hydrogens is 300 g/mol. The number of benzene rings is 1. The summed E-state index contributed by atoms with van der Waals surface area (Å²) in [6, 6.07) is 4.93. The van der Waals surface area contributed by atoms with Crippen molar-refractivity contribution in [2.24, 2.45) is 0 Å². The number of piperidine rings is 2. The molecule has 0 spiro atoms. The van der Waals surface area contributed by atoms with E-state index < -0.39 is 0 Å². The van der Waals surface area contributed by atoms with Gasteiger partial charge < -0.3 is 15.1 Å². The van der Waals surface area contributed by atoms with Gasteiger partial charge >= 0.3 is 0 Å². The van der Waals surface area contributed by atoms with E-state index in [2.05, 4.69) is 28.9 Å². The van der Waals surface area contributed by atoms with E-state index in [9.17, 15) is 10.2 Å². The number of nitrogens with zero attached hydrogens (tertiary/aromatic N) is 2. The molecule has 0 atom stereocenters. The molecule has 3 rings (SSSR count). The average molecular weight is 332 g/mol. The summed E-state index contributed by atoms with van der Waals surface area (Å²) in [5.74, 6) is 0.472. The fraction of sp³-hybridized carbons (Fsp3) is 0.700. The second-order valence-electron chi connectivity index (χ2n) is 7.55. The van der Waals surface area contributed by atoms with Gasteiger partial charge in [-0.3, -0.25) is 4.90 Å². The number of likely N-dealkylation sites (tertiary alicyclic amines) is 2. The Kier molecular flexibility index (Phi) is 5.80. The van der Waals surface area contributed by atoms with E-state index in [1.165, 1.54) is 18.4 Å². The summed E-state index contributed by atoms with van der Waals surface area (Å²) in [6.45, 7) is 9.30. The first-order valence-electron chi connectivity index (χ1n) is 9.52. The van der Waals surface area contributed by atoms with Crippen LogP contribution in [-0.2, 0) is 13.0 Å². The zero-order valence-electron chi connectivity index (χ0n) is 15.2. The molecule has 134 valence electrons. The molecule has 0 saturated carbocycles. The number of phenolic OH excluding ortho intramolecular Hbond substituents is 1. The monoisotopic (exact) mass is 332 g/mol. The van der Waals surface area contributed by atoms with Crippen LogP contribution < -0.4 is 0 Å². The van der Waals surface area contributed by atoms with Gasteiger partial charge in [-0.1, -0.05) is 19.1 Å².